The minimum absolute atomic E-state index is 0. The third-order valence-electron chi connectivity index (χ3n) is 13.4. The summed E-state index contributed by atoms with van der Waals surface area (Å²) in [6, 6.07) is 31.8. The molecule has 0 heterocycles. The van der Waals surface area contributed by atoms with Gasteiger partial charge in [-0.25, -0.2) is 27.2 Å². The van der Waals surface area contributed by atoms with Gasteiger partial charge in [0.2, 0.25) is 0 Å². The molecule has 17 nitrogen and oxygen atoms in total. The number of amides is 2. The molecule has 44 heteroatoms. The van der Waals surface area contributed by atoms with Crippen LogP contribution in [0.1, 0.15) is 57.1 Å². The third-order valence-corrected chi connectivity index (χ3v) is 13.5. The Hall–Kier alpha value is -6.57. The molecular weight excluding hydrogens is 1600 g/mol. The molecule has 0 aliphatic heterocycles. The molecule has 0 aliphatic carbocycles. The van der Waals surface area contributed by atoms with E-state index in [2.05, 4.69) is 30.1 Å². The number of non-ortho nitro benzene ring substituents is 1. The summed E-state index contributed by atoms with van der Waals surface area (Å²) in [5, 5.41) is 39.5. The van der Waals surface area contributed by atoms with E-state index in [4.69, 9.17) is 32.5 Å². The van der Waals surface area contributed by atoms with E-state index in [-0.39, 0.29) is 174 Å². The van der Waals surface area contributed by atoms with Crippen molar-refractivity contribution < 1.29 is 263 Å². The van der Waals surface area contributed by atoms with E-state index >= 15 is 0 Å². The first kappa shape index (κ1) is 106. The zero-order valence-corrected chi connectivity index (χ0v) is 59.8. The van der Waals surface area contributed by atoms with Gasteiger partial charge in [0.1, 0.15) is 40.5 Å². The maximum absolute atomic E-state index is 14.8. The number of alkyl halides is 20. The molecule has 7 aromatic carbocycles. The quantitative estimate of drug-likeness (QED) is 0.00743. The van der Waals surface area contributed by atoms with Gasteiger partial charge in [0, 0.05) is 48.8 Å². The van der Waals surface area contributed by atoms with Gasteiger partial charge in [-0.1, -0.05) is 107 Å². The fraction of sp³-hybridized carbons (Fsp3) is 0.297. The number of carbonyl (C=O) groups is 3. The van der Waals surface area contributed by atoms with Gasteiger partial charge in [-0.15, -0.1) is 0 Å². The molecular formula is C64H60ClF24K2N5O12. The van der Waals surface area contributed by atoms with Crippen molar-refractivity contribution in [2.45, 2.75) is 107 Å². The van der Waals surface area contributed by atoms with Crippen molar-refractivity contribution in [2.24, 2.45) is 11.5 Å². The molecule has 7 aromatic rings. The molecule has 0 fully saturated rings. The number of hydrogen-bond donors (Lipinski definition) is 6. The van der Waals surface area contributed by atoms with Gasteiger partial charge in [0.25, 0.3) is 23.4 Å². The molecule has 2 amide bonds. The Kier molecular flexibility index (Phi) is 43.5. The SMILES string of the molecule is C.C.C.NCC(O)(C(F)(F)F)C(F)(F)F.N[C@](Cc1ccccc1)(c1ccc(F)cc1)c1cc(F)cc(OC(F)(F)C(F)F)c1.O=C(Cl)Oc1ccc([N+](=O)[O-])cc1.O=C(NCC(O)(C(F)(F)F)C(F)(F)F)N[C@](Cc1ccccc1)(c1ccc(F)cc1)c1cc(F)cc(OC(F)(F)C(F)F)c1.O=CO[O-].[H-].[K+].[K+]. The Morgan fingerprint density at radius 2 is 0.889 bits per heavy atom. The fourth-order valence-corrected chi connectivity index (χ4v) is 8.40. The maximum atomic E-state index is 14.8. The van der Waals surface area contributed by atoms with Gasteiger partial charge in [-0.3, -0.25) is 14.9 Å². The summed E-state index contributed by atoms with van der Waals surface area (Å²) in [5.74, 6) is -5.65. The Balaban J connectivity index is -0.000000730. The number of nitrogens with one attached hydrogen (secondary N) is 2. The van der Waals surface area contributed by atoms with Crippen molar-refractivity contribution in [3.8, 4) is 17.2 Å². The number of nitro benzene ring substituents is 1. The molecule has 7 rings (SSSR count). The minimum atomic E-state index is -6.32. The van der Waals surface area contributed by atoms with Crippen LogP contribution in [0.25, 0.3) is 0 Å². The maximum Gasteiger partial charge on any atom is 1.00 e. The van der Waals surface area contributed by atoms with E-state index < -0.39 is 148 Å². The average molecular weight is 1660 g/mol. The first-order valence-corrected chi connectivity index (χ1v) is 27.8. The van der Waals surface area contributed by atoms with Crippen molar-refractivity contribution in [1.82, 2.24) is 10.6 Å². The van der Waals surface area contributed by atoms with Gasteiger partial charge in [-0.05, 0) is 100 Å². The minimum Gasteiger partial charge on any atom is -1.00 e. The molecule has 108 heavy (non-hydrogen) atoms. The van der Waals surface area contributed by atoms with E-state index in [0.29, 0.717) is 23.8 Å². The second-order valence-electron chi connectivity index (χ2n) is 20.5. The summed E-state index contributed by atoms with van der Waals surface area (Å²) >= 11 is 4.92. The van der Waals surface area contributed by atoms with Gasteiger partial charge < -0.3 is 58.1 Å². The van der Waals surface area contributed by atoms with E-state index in [0.717, 1.165) is 54.1 Å². The topological polar surface area (TPSA) is 271 Å². The number of nitrogens with two attached hydrogens (primary N) is 2. The predicted molar refractivity (Wildman–Crippen MR) is 328 cm³/mol. The molecule has 0 radical (unpaired) electrons. The molecule has 0 unspecified atom stereocenters. The number of urea groups is 1. The van der Waals surface area contributed by atoms with Gasteiger partial charge in [0.15, 0.2) is 0 Å². The first-order chi connectivity index (χ1) is 47.4. The van der Waals surface area contributed by atoms with Gasteiger partial charge >= 0.3 is 164 Å². The van der Waals surface area contributed by atoms with Crippen LogP contribution >= 0.6 is 11.6 Å². The van der Waals surface area contributed by atoms with Gasteiger partial charge in [-0.2, -0.15) is 87.8 Å². The molecule has 0 saturated heterocycles. The van der Waals surface area contributed by atoms with Crippen LogP contribution in [0.5, 0.6) is 17.2 Å². The van der Waals surface area contributed by atoms with E-state index in [1.165, 1.54) is 72.0 Å². The molecule has 590 valence electrons. The molecule has 0 aromatic heterocycles. The normalized spacial score (nSPS) is 12.6. The first-order valence-electron chi connectivity index (χ1n) is 27.4. The summed E-state index contributed by atoms with van der Waals surface area (Å²) < 4.78 is 322. The third kappa shape index (κ3) is 30.3. The van der Waals surface area contributed by atoms with Crippen molar-refractivity contribution in [2.75, 3.05) is 13.1 Å². The number of carbonyl (C=O) groups excluding carboxylic acids is 3. The van der Waals surface area contributed by atoms with Crippen LogP contribution in [0, 0.1) is 33.4 Å². The van der Waals surface area contributed by atoms with Crippen molar-refractivity contribution in [1.29, 1.82) is 0 Å². The Morgan fingerprint density at radius 3 is 1.22 bits per heavy atom. The van der Waals surface area contributed by atoms with E-state index in [1.54, 1.807) is 30.3 Å². The number of aliphatic hydroxyl groups is 2. The number of benzene rings is 7. The van der Waals surface area contributed by atoms with Crippen LogP contribution in [0.4, 0.5) is 121 Å². The number of rotatable bonds is 21. The van der Waals surface area contributed by atoms with Crippen molar-refractivity contribution >= 4 is 35.2 Å². The van der Waals surface area contributed by atoms with Crippen LogP contribution < -0.4 is 144 Å². The fourth-order valence-electron chi connectivity index (χ4n) is 8.31. The van der Waals surface area contributed by atoms with Crippen molar-refractivity contribution in [3.63, 3.8) is 0 Å². The zero-order chi connectivity index (χ0) is 78.5. The molecule has 0 bridgehead atoms. The summed E-state index contributed by atoms with van der Waals surface area (Å²) in [4.78, 5) is 44.1. The Labute approximate surface area is 688 Å². The molecule has 0 aliphatic rings. The monoisotopic (exact) mass is 1660 g/mol. The van der Waals surface area contributed by atoms with Crippen molar-refractivity contribution in [3.05, 3.63) is 237 Å². The summed E-state index contributed by atoms with van der Waals surface area (Å²) in [6.45, 7) is -4.59. The Bertz CT molecular complexity index is 3870. The molecule has 0 spiro atoms. The van der Waals surface area contributed by atoms with E-state index in [9.17, 15) is 130 Å². The molecule has 0 saturated carbocycles. The zero-order valence-electron chi connectivity index (χ0n) is 53.8. The van der Waals surface area contributed by atoms with E-state index in [1.807, 2.05) is 0 Å². The number of halogens is 25. The standard InChI is InChI=1S/C27H20F12N2O3.C22H17F6NO.C7H4ClNO4.C4H5F6NO.CH2O3.3CH4.2K.H/c28-18-8-6-16(7-9-18)23(13-15-4-2-1-3-5-15,17-10-19(29)12-20(11-17)44-25(32,33)21(30)31)41-22(42)40-14-24(43,26(34,35)36)27(37,38)39;23-17-8-6-15(7-9-17)21(29,13-14-4-2-1-3-5-14)16-10-18(24)12-19(11-16)30-22(27,28)20(25)26;8-7(10)13-6-3-1-5(2-4-6)9(11)12;5-3(6,7)2(12,1-11)4(8,9)10;2-1-4-3;;;;;;/h1-12,21,43H,13-14H2,(H2,40,41,42);1-12,20H,13,29H2;1-4H;12H,1,11H2;1,3H;3*1H4;;;/q;;;;;;;;2*+1;-1/p-1/t23-;21-;;;;;;;;;/m11........./s1. The van der Waals surface area contributed by atoms with Crippen LogP contribution in [0.15, 0.2) is 170 Å². The number of hydrogen-bond acceptors (Lipinski definition) is 14. The summed E-state index contributed by atoms with van der Waals surface area (Å²) in [6.07, 6.45) is -43.1. The number of ether oxygens (including phenoxy) is 3. The number of nitro groups is 1. The Morgan fingerprint density at radius 1 is 0.528 bits per heavy atom. The van der Waals surface area contributed by atoms with Gasteiger partial charge in [0.05, 0.1) is 22.5 Å². The predicted octanol–water partition coefficient (Wildman–Crippen LogP) is 10.1. The van der Waals surface area contributed by atoms with Crippen LogP contribution in [-0.4, -0.2) is 107 Å². The second kappa shape index (κ2) is 44.5. The van der Waals surface area contributed by atoms with Crippen LogP contribution in [-0.2, 0) is 33.6 Å². The van der Waals surface area contributed by atoms with Crippen LogP contribution in [0.2, 0.25) is 0 Å². The largest absolute Gasteiger partial charge is 1.00 e. The molecule has 2 atom stereocenters. The summed E-state index contributed by atoms with van der Waals surface area (Å²) in [5.41, 5.74) is -3.80. The van der Waals surface area contributed by atoms with Crippen LogP contribution in [0.3, 0.4) is 0 Å². The molecule has 8 N–H and O–H groups in total. The smallest absolute Gasteiger partial charge is 1.00 e. The second-order valence-corrected chi connectivity index (χ2v) is 20.8. The summed E-state index contributed by atoms with van der Waals surface area (Å²) in [7, 11) is 0. The average Bonchev–Trinajstić information content (AvgIpc) is 0.779. The number of nitrogens with zero attached hydrogens (tertiary/aromatic N) is 1.